The van der Waals surface area contributed by atoms with Gasteiger partial charge in [0.15, 0.2) is 0 Å². The van der Waals surface area contributed by atoms with Crippen LogP contribution in [0.15, 0.2) is 41.6 Å². The Morgan fingerprint density at radius 3 is 2.65 bits per heavy atom. The number of rotatable bonds is 9. The number of nitrogens with zero attached hydrogens (tertiary/aromatic N) is 1. The maximum atomic E-state index is 12.7. The van der Waals surface area contributed by atoms with Crippen molar-refractivity contribution >= 4 is 57.9 Å². The number of halogens is 1. The second-order valence-corrected chi connectivity index (χ2v) is 8.27. The zero-order valence-electron chi connectivity index (χ0n) is 15.9. The molecule has 2 amide bonds. The van der Waals surface area contributed by atoms with Crippen molar-refractivity contribution in [3.8, 4) is 0 Å². The largest absolute Gasteiger partial charge is 0.477 e. The van der Waals surface area contributed by atoms with Crippen molar-refractivity contribution < 1.29 is 38.6 Å². The molecule has 2 unspecified atom stereocenters. The van der Waals surface area contributed by atoms with Crippen LogP contribution in [0.5, 0.6) is 0 Å². The van der Waals surface area contributed by atoms with Crippen molar-refractivity contribution in [3.63, 3.8) is 0 Å². The Labute approximate surface area is 189 Å². The van der Waals surface area contributed by atoms with Gasteiger partial charge in [-0.05, 0) is 0 Å². The molecule has 2 heterocycles. The molecule has 1 aromatic carbocycles. The molecular formula is C19H17BrN2O8S. The fourth-order valence-corrected chi connectivity index (χ4v) is 4.69. The number of alkyl halides is 1. The van der Waals surface area contributed by atoms with E-state index in [4.69, 9.17) is 9.47 Å². The topological polar surface area (TPSA) is 139 Å². The Morgan fingerprint density at radius 1 is 1.32 bits per heavy atom. The smallest absolute Gasteiger partial charge is 0.353 e. The number of amides is 2. The third-order valence-corrected chi connectivity index (χ3v) is 6.16. The molecule has 31 heavy (non-hydrogen) atoms. The summed E-state index contributed by atoms with van der Waals surface area (Å²) >= 11 is 4.23. The number of β-lactam (4-membered cyclic amide) rings is 1. The van der Waals surface area contributed by atoms with Gasteiger partial charge in [-0.3, -0.25) is 19.3 Å². The minimum Gasteiger partial charge on any atom is -0.477 e. The minimum atomic E-state index is -1.44. The van der Waals surface area contributed by atoms with E-state index >= 15 is 0 Å². The Bertz CT molecular complexity index is 938. The molecule has 0 bridgehead atoms. The molecule has 0 aromatic heterocycles. The number of carboxylic acids is 1. The van der Waals surface area contributed by atoms with Crippen molar-refractivity contribution in [1.82, 2.24) is 10.2 Å². The van der Waals surface area contributed by atoms with Crippen LogP contribution in [-0.2, 0) is 33.4 Å². The van der Waals surface area contributed by atoms with Crippen LogP contribution in [0.4, 0.5) is 0 Å². The summed E-state index contributed by atoms with van der Waals surface area (Å²) in [6, 6.07) is 7.20. The molecule has 0 radical (unpaired) electrons. The summed E-state index contributed by atoms with van der Waals surface area (Å²) in [5, 5.41) is 11.7. The van der Waals surface area contributed by atoms with Crippen LogP contribution < -0.4 is 5.32 Å². The highest BCUT2D eigenvalue weighted by Gasteiger charge is 2.55. The van der Waals surface area contributed by atoms with Crippen LogP contribution in [-0.4, -0.2) is 69.3 Å². The van der Waals surface area contributed by atoms with E-state index in [-0.39, 0.29) is 24.4 Å². The van der Waals surface area contributed by atoms with E-state index < -0.39 is 47.0 Å². The highest BCUT2D eigenvalue weighted by molar-refractivity contribution is 9.09. The lowest BCUT2D eigenvalue weighted by Gasteiger charge is -2.49. The summed E-state index contributed by atoms with van der Waals surface area (Å²) < 4.78 is 9.86. The number of ether oxygens (including phenoxy) is 2. The second kappa shape index (κ2) is 9.96. The number of nitrogens with one attached hydrogen (secondary N) is 1. The molecule has 3 rings (SSSR count). The number of fused-ring (bicyclic) bond motifs is 1. The molecule has 164 valence electrons. The molecule has 2 aliphatic rings. The first-order valence-electron chi connectivity index (χ1n) is 8.99. The predicted molar refractivity (Wildman–Crippen MR) is 111 cm³/mol. The van der Waals surface area contributed by atoms with E-state index in [0.717, 1.165) is 16.7 Å². The van der Waals surface area contributed by atoms with Crippen molar-refractivity contribution in [3.05, 3.63) is 47.2 Å². The molecule has 12 heteroatoms. The van der Waals surface area contributed by atoms with Crippen molar-refractivity contribution in [2.45, 2.75) is 17.5 Å². The number of esters is 1. The van der Waals surface area contributed by atoms with E-state index in [1.54, 1.807) is 30.3 Å². The normalized spacial score (nSPS) is 20.8. The Kier molecular flexibility index (Phi) is 7.33. The molecule has 10 nitrogen and oxygen atoms in total. The average molecular weight is 513 g/mol. The molecule has 1 saturated heterocycles. The molecule has 1 fully saturated rings. The third kappa shape index (κ3) is 4.59. The minimum absolute atomic E-state index is 0.00345. The van der Waals surface area contributed by atoms with Crippen LogP contribution in [0.25, 0.3) is 0 Å². The maximum Gasteiger partial charge on any atom is 0.353 e. The van der Waals surface area contributed by atoms with E-state index in [2.05, 4.69) is 21.2 Å². The van der Waals surface area contributed by atoms with Gasteiger partial charge in [0, 0.05) is 16.6 Å². The van der Waals surface area contributed by atoms with Crippen LogP contribution in [0.1, 0.15) is 11.7 Å². The molecule has 2 aliphatic heterocycles. The van der Waals surface area contributed by atoms with Gasteiger partial charge in [-0.2, -0.15) is 0 Å². The standard InChI is InChI=1S/C19H17BrN2O8S/c20-6-7-29-19(28)11-8-31-17-12(16(25)22(17)13(11)18(26)27)21-15(24)14(30-9-23)10-4-2-1-3-5-10/h1-5,9,12,14,17H,6-8H2,(H,21,24)(H,26,27)/t12?,14?,17-/m0/s1. The highest BCUT2D eigenvalue weighted by atomic mass is 79.9. The van der Waals surface area contributed by atoms with Gasteiger partial charge in [0.1, 0.15) is 23.7 Å². The second-order valence-electron chi connectivity index (χ2n) is 6.38. The van der Waals surface area contributed by atoms with Gasteiger partial charge < -0.3 is 19.9 Å². The summed E-state index contributed by atoms with van der Waals surface area (Å²) in [5.74, 6) is -3.67. The van der Waals surface area contributed by atoms with Crippen LogP contribution >= 0.6 is 27.7 Å². The first kappa shape index (κ1) is 22.8. The van der Waals surface area contributed by atoms with E-state index in [1.807, 2.05) is 0 Å². The zero-order chi connectivity index (χ0) is 22.5. The van der Waals surface area contributed by atoms with Crippen LogP contribution in [0, 0.1) is 0 Å². The lowest BCUT2D eigenvalue weighted by molar-refractivity contribution is -0.154. The van der Waals surface area contributed by atoms with Gasteiger partial charge in [0.05, 0.1) is 5.57 Å². The lowest BCUT2D eigenvalue weighted by Crippen LogP contribution is -2.71. The van der Waals surface area contributed by atoms with Gasteiger partial charge in [-0.25, -0.2) is 9.59 Å². The van der Waals surface area contributed by atoms with Crippen molar-refractivity contribution in [2.24, 2.45) is 0 Å². The summed E-state index contributed by atoms with van der Waals surface area (Å²) in [5.41, 5.74) is -0.170. The SMILES string of the molecule is O=COC(C(=O)NC1C(=O)N2C(C(=O)O)=C(C(=O)OCCBr)CS[C@@H]12)c1ccccc1. The van der Waals surface area contributed by atoms with E-state index in [0.29, 0.717) is 10.9 Å². The zero-order valence-corrected chi connectivity index (χ0v) is 18.3. The van der Waals surface area contributed by atoms with E-state index in [9.17, 15) is 29.1 Å². The fourth-order valence-electron chi connectivity index (χ4n) is 3.20. The molecular weight excluding hydrogens is 496 g/mol. The summed E-state index contributed by atoms with van der Waals surface area (Å²) in [4.78, 5) is 61.1. The quantitative estimate of drug-likeness (QED) is 0.210. The van der Waals surface area contributed by atoms with Crippen LogP contribution in [0.2, 0.25) is 0 Å². The average Bonchev–Trinajstić information content (AvgIpc) is 2.78. The molecule has 2 N–H and O–H groups in total. The Morgan fingerprint density at radius 2 is 2.03 bits per heavy atom. The third-order valence-electron chi connectivity index (χ3n) is 4.56. The number of thioether (sulfide) groups is 1. The van der Waals surface area contributed by atoms with Crippen LogP contribution in [0.3, 0.4) is 0 Å². The summed E-state index contributed by atoms with van der Waals surface area (Å²) in [6.07, 6.45) is -1.27. The number of benzene rings is 1. The fraction of sp³-hybridized carbons (Fsp3) is 0.316. The highest BCUT2D eigenvalue weighted by Crippen LogP contribution is 2.40. The van der Waals surface area contributed by atoms with Gasteiger partial charge in [0.2, 0.25) is 6.10 Å². The summed E-state index contributed by atoms with van der Waals surface area (Å²) in [6.45, 7) is 0.186. The molecule has 1 aromatic rings. The number of hydrogen-bond acceptors (Lipinski definition) is 8. The predicted octanol–water partition coefficient (Wildman–Crippen LogP) is 0.577. The van der Waals surface area contributed by atoms with Crippen molar-refractivity contribution in [2.75, 3.05) is 17.7 Å². The number of carboxylic acid groups (broad SMARTS) is 1. The number of carbonyl (C=O) groups excluding carboxylic acids is 4. The summed E-state index contributed by atoms with van der Waals surface area (Å²) in [7, 11) is 0. The Balaban J connectivity index is 1.77. The number of carbonyl (C=O) groups is 5. The maximum absolute atomic E-state index is 12.7. The number of hydrogen-bond donors (Lipinski definition) is 2. The van der Waals surface area contributed by atoms with Gasteiger partial charge in [-0.1, -0.05) is 46.3 Å². The van der Waals surface area contributed by atoms with Gasteiger partial charge in [0.25, 0.3) is 18.3 Å². The molecule has 0 aliphatic carbocycles. The lowest BCUT2D eigenvalue weighted by atomic mass is 10.0. The Hall–Kier alpha value is -2.86. The molecule has 3 atom stereocenters. The monoisotopic (exact) mass is 512 g/mol. The first-order valence-corrected chi connectivity index (χ1v) is 11.2. The van der Waals surface area contributed by atoms with E-state index in [1.165, 1.54) is 0 Å². The molecule has 0 saturated carbocycles. The first-order chi connectivity index (χ1) is 14.9. The van der Waals surface area contributed by atoms with Crippen molar-refractivity contribution in [1.29, 1.82) is 0 Å². The molecule has 0 spiro atoms. The van der Waals surface area contributed by atoms with Gasteiger partial charge in [-0.15, -0.1) is 11.8 Å². The van der Waals surface area contributed by atoms with Gasteiger partial charge >= 0.3 is 11.9 Å². The number of aliphatic carboxylic acids is 1.